The monoisotopic (exact) mass is 310 g/mol. The quantitative estimate of drug-likeness (QED) is 0.861. The minimum Gasteiger partial charge on any atom is -0.387 e. The molecule has 0 aliphatic heterocycles. The fraction of sp³-hybridized carbons (Fsp3) is 0.286. The number of nitrogens with one attached hydrogen (secondary N) is 2. The van der Waals surface area contributed by atoms with Crippen molar-refractivity contribution < 1.29 is 8.42 Å². The van der Waals surface area contributed by atoms with Gasteiger partial charge in [0.2, 0.25) is 10.0 Å². The van der Waals surface area contributed by atoms with Crippen molar-refractivity contribution in [3.63, 3.8) is 0 Å². The molecular formula is C14H18N2O2S2. The fourth-order valence-corrected chi connectivity index (χ4v) is 4.44. The summed E-state index contributed by atoms with van der Waals surface area (Å²) in [5, 5.41) is 4.86. The second-order valence-corrected chi connectivity index (χ2v) is 7.01. The number of hydrogen-bond donors (Lipinski definition) is 2. The highest BCUT2D eigenvalue weighted by atomic mass is 32.2. The lowest BCUT2D eigenvalue weighted by Gasteiger charge is -2.17. The number of thiophene rings is 1. The van der Waals surface area contributed by atoms with Crippen LogP contribution < -0.4 is 10.0 Å². The van der Waals surface area contributed by atoms with Crippen molar-refractivity contribution in [2.45, 2.75) is 24.3 Å². The van der Waals surface area contributed by atoms with Crippen molar-refractivity contribution in [2.24, 2.45) is 0 Å². The summed E-state index contributed by atoms with van der Waals surface area (Å²) in [5.74, 6) is 0. The van der Waals surface area contributed by atoms with Gasteiger partial charge in [0, 0.05) is 11.9 Å². The molecule has 0 amide bonds. The molecule has 1 atom stereocenters. The topological polar surface area (TPSA) is 58.2 Å². The van der Waals surface area contributed by atoms with E-state index < -0.39 is 10.0 Å². The van der Waals surface area contributed by atoms with Gasteiger partial charge in [0.05, 0.1) is 11.7 Å². The number of para-hydroxylation sites is 1. The standard InChI is InChI=1S/C14H18N2O2S2/c1-3-11(13-8-6-10-19-13)16-20(17,18)14-9-5-4-7-12(14)15-2/h4-11,15-16H,3H2,1-2H3. The first kappa shape index (κ1) is 15.0. The minimum atomic E-state index is -3.55. The van der Waals surface area contributed by atoms with Crippen molar-refractivity contribution in [3.8, 4) is 0 Å². The van der Waals surface area contributed by atoms with E-state index in [4.69, 9.17) is 0 Å². The Morgan fingerprint density at radius 2 is 1.95 bits per heavy atom. The molecular weight excluding hydrogens is 292 g/mol. The first-order valence-electron chi connectivity index (χ1n) is 6.41. The minimum absolute atomic E-state index is 0.190. The highest BCUT2D eigenvalue weighted by molar-refractivity contribution is 7.89. The lowest BCUT2D eigenvalue weighted by molar-refractivity contribution is 0.553. The number of anilines is 1. The lowest BCUT2D eigenvalue weighted by atomic mass is 10.2. The molecule has 1 aromatic carbocycles. The third kappa shape index (κ3) is 3.20. The van der Waals surface area contributed by atoms with Crippen LogP contribution >= 0.6 is 11.3 Å². The molecule has 0 bridgehead atoms. The molecule has 1 heterocycles. The fourth-order valence-electron chi connectivity index (χ4n) is 1.99. The van der Waals surface area contributed by atoms with E-state index in [0.717, 1.165) is 4.88 Å². The van der Waals surface area contributed by atoms with E-state index in [2.05, 4.69) is 10.0 Å². The van der Waals surface area contributed by atoms with Crippen LogP contribution in [-0.4, -0.2) is 15.5 Å². The SMILES string of the molecule is CCC(NS(=O)(=O)c1ccccc1NC)c1cccs1. The van der Waals surface area contributed by atoms with Crippen LogP contribution in [0.5, 0.6) is 0 Å². The van der Waals surface area contributed by atoms with Gasteiger partial charge in [0.25, 0.3) is 0 Å². The van der Waals surface area contributed by atoms with Crippen LogP contribution in [0.25, 0.3) is 0 Å². The van der Waals surface area contributed by atoms with Gasteiger partial charge < -0.3 is 5.32 Å². The van der Waals surface area contributed by atoms with Crippen molar-refractivity contribution in [2.75, 3.05) is 12.4 Å². The molecule has 2 rings (SSSR count). The molecule has 0 saturated carbocycles. The molecule has 20 heavy (non-hydrogen) atoms. The molecule has 4 nitrogen and oxygen atoms in total. The van der Waals surface area contributed by atoms with Gasteiger partial charge in [0.15, 0.2) is 0 Å². The maximum absolute atomic E-state index is 12.5. The second kappa shape index (κ2) is 6.39. The van der Waals surface area contributed by atoms with Gasteiger partial charge in [-0.15, -0.1) is 11.3 Å². The lowest BCUT2D eigenvalue weighted by Crippen LogP contribution is -2.28. The Morgan fingerprint density at radius 1 is 1.20 bits per heavy atom. The van der Waals surface area contributed by atoms with Crippen molar-refractivity contribution in [3.05, 3.63) is 46.7 Å². The summed E-state index contributed by atoms with van der Waals surface area (Å²) in [6, 6.07) is 10.6. The molecule has 0 radical (unpaired) electrons. The Balaban J connectivity index is 2.31. The molecule has 0 fully saturated rings. The third-order valence-electron chi connectivity index (χ3n) is 3.04. The highest BCUT2D eigenvalue weighted by Crippen LogP contribution is 2.26. The van der Waals surface area contributed by atoms with Crippen molar-refractivity contribution >= 4 is 27.0 Å². The average Bonchev–Trinajstić information content (AvgIpc) is 2.98. The molecule has 108 valence electrons. The molecule has 0 spiro atoms. The summed E-state index contributed by atoms with van der Waals surface area (Å²) in [7, 11) is -1.83. The van der Waals surface area contributed by atoms with Gasteiger partial charge in [-0.05, 0) is 30.0 Å². The number of benzene rings is 1. The molecule has 0 aliphatic carbocycles. The molecule has 0 saturated heterocycles. The predicted molar refractivity (Wildman–Crippen MR) is 83.7 cm³/mol. The maximum Gasteiger partial charge on any atom is 0.243 e. The van der Waals surface area contributed by atoms with Crippen LogP contribution in [0, 0.1) is 0 Å². The van der Waals surface area contributed by atoms with Crippen LogP contribution in [0.3, 0.4) is 0 Å². The normalized spacial score (nSPS) is 13.1. The van der Waals surface area contributed by atoms with E-state index in [9.17, 15) is 8.42 Å². The molecule has 1 unspecified atom stereocenters. The molecule has 2 N–H and O–H groups in total. The van der Waals surface area contributed by atoms with E-state index in [0.29, 0.717) is 12.1 Å². The summed E-state index contributed by atoms with van der Waals surface area (Å²) in [5.41, 5.74) is 0.598. The van der Waals surface area contributed by atoms with Crippen LogP contribution in [0.4, 0.5) is 5.69 Å². The van der Waals surface area contributed by atoms with Crippen LogP contribution in [0.2, 0.25) is 0 Å². The van der Waals surface area contributed by atoms with Crippen LogP contribution in [-0.2, 0) is 10.0 Å². The summed E-state index contributed by atoms with van der Waals surface area (Å²) in [6.45, 7) is 1.97. The van der Waals surface area contributed by atoms with Gasteiger partial charge in [0.1, 0.15) is 4.90 Å². The zero-order valence-electron chi connectivity index (χ0n) is 11.5. The van der Waals surface area contributed by atoms with E-state index in [1.165, 1.54) is 0 Å². The third-order valence-corrected chi connectivity index (χ3v) is 5.55. The average molecular weight is 310 g/mol. The van der Waals surface area contributed by atoms with E-state index >= 15 is 0 Å². The number of hydrogen-bond acceptors (Lipinski definition) is 4. The molecule has 0 aliphatic rings. The Bertz CT molecular complexity index is 652. The first-order chi connectivity index (χ1) is 9.58. The summed E-state index contributed by atoms with van der Waals surface area (Å²) < 4.78 is 27.8. The van der Waals surface area contributed by atoms with E-state index in [1.807, 2.05) is 24.4 Å². The van der Waals surface area contributed by atoms with Crippen molar-refractivity contribution in [1.82, 2.24) is 4.72 Å². The van der Waals surface area contributed by atoms with Crippen molar-refractivity contribution in [1.29, 1.82) is 0 Å². The number of rotatable bonds is 6. The van der Waals surface area contributed by atoms with Gasteiger partial charge >= 0.3 is 0 Å². The Hall–Kier alpha value is -1.37. The number of sulfonamides is 1. The van der Waals surface area contributed by atoms with Crippen LogP contribution in [0.1, 0.15) is 24.3 Å². The van der Waals surface area contributed by atoms with Gasteiger partial charge in [-0.2, -0.15) is 0 Å². The first-order valence-corrected chi connectivity index (χ1v) is 8.77. The van der Waals surface area contributed by atoms with E-state index in [1.54, 1.807) is 42.6 Å². The molecule has 6 heteroatoms. The Labute approximate surface area is 123 Å². The van der Waals surface area contributed by atoms with Gasteiger partial charge in [-0.3, -0.25) is 0 Å². The summed E-state index contributed by atoms with van der Waals surface area (Å²) >= 11 is 1.56. The summed E-state index contributed by atoms with van der Waals surface area (Å²) in [6.07, 6.45) is 0.710. The van der Waals surface area contributed by atoms with Gasteiger partial charge in [-0.25, -0.2) is 13.1 Å². The highest BCUT2D eigenvalue weighted by Gasteiger charge is 2.22. The Kier molecular flexibility index (Phi) is 4.80. The zero-order valence-corrected chi connectivity index (χ0v) is 13.1. The smallest absolute Gasteiger partial charge is 0.243 e. The van der Waals surface area contributed by atoms with Crippen LogP contribution in [0.15, 0.2) is 46.7 Å². The second-order valence-electron chi connectivity index (χ2n) is 4.34. The van der Waals surface area contributed by atoms with E-state index in [-0.39, 0.29) is 10.9 Å². The zero-order chi connectivity index (χ0) is 14.6. The molecule has 2 aromatic rings. The Morgan fingerprint density at radius 3 is 2.55 bits per heavy atom. The van der Waals surface area contributed by atoms with Gasteiger partial charge in [-0.1, -0.05) is 25.1 Å². The molecule has 1 aromatic heterocycles. The summed E-state index contributed by atoms with van der Waals surface area (Å²) in [4.78, 5) is 1.30. The predicted octanol–water partition coefficient (Wildman–Crippen LogP) is 3.22. The maximum atomic E-state index is 12.5. The largest absolute Gasteiger partial charge is 0.387 e.